The summed E-state index contributed by atoms with van der Waals surface area (Å²) in [5.41, 5.74) is 0. The lowest BCUT2D eigenvalue weighted by Gasteiger charge is -1.91. The minimum Gasteiger partial charge on any atom is -0.300 e. The minimum absolute atomic E-state index is 0.290. The molecule has 0 fully saturated rings. The number of ketones is 1. The highest BCUT2D eigenvalue weighted by Gasteiger charge is 1.89. The summed E-state index contributed by atoms with van der Waals surface area (Å²) in [6, 6.07) is 0. The van der Waals surface area contributed by atoms with Gasteiger partial charge in [-0.05, 0) is 58.3 Å². The topological polar surface area (TPSA) is 17.1 Å². The molecule has 0 aliphatic rings. The Morgan fingerprint density at radius 1 is 0.652 bits per heavy atom. The van der Waals surface area contributed by atoms with Crippen molar-refractivity contribution in [1.29, 1.82) is 0 Å². The van der Waals surface area contributed by atoms with Crippen LogP contribution in [-0.2, 0) is 4.79 Å². The molecule has 0 rings (SSSR count). The molecule has 0 unspecified atom stereocenters. The lowest BCUT2D eigenvalue weighted by atomic mass is 10.1. The maximum absolute atomic E-state index is 10.8. The quantitative estimate of drug-likeness (QED) is 0.252. The Morgan fingerprint density at radius 3 is 1.61 bits per heavy atom. The van der Waals surface area contributed by atoms with Crippen LogP contribution in [0.5, 0.6) is 0 Å². The van der Waals surface area contributed by atoms with Crippen LogP contribution >= 0.6 is 0 Å². The van der Waals surface area contributed by atoms with E-state index in [2.05, 4.69) is 67.7 Å². The van der Waals surface area contributed by atoms with E-state index in [9.17, 15) is 4.79 Å². The van der Waals surface area contributed by atoms with Gasteiger partial charge >= 0.3 is 0 Å². The first-order valence-corrected chi connectivity index (χ1v) is 9.01. The Labute approximate surface area is 143 Å². The van der Waals surface area contributed by atoms with Crippen LogP contribution in [0.25, 0.3) is 0 Å². The normalized spacial score (nSPS) is 12.8. The average molecular weight is 315 g/mol. The molecule has 0 heterocycles. The molecule has 0 radical (unpaired) electrons. The molecular weight excluding hydrogens is 280 g/mol. The summed E-state index contributed by atoms with van der Waals surface area (Å²) in [5.74, 6) is 0.290. The summed E-state index contributed by atoms with van der Waals surface area (Å²) < 4.78 is 0. The van der Waals surface area contributed by atoms with Crippen molar-refractivity contribution in [2.24, 2.45) is 0 Å². The van der Waals surface area contributed by atoms with Gasteiger partial charge in [-0.3, -0.25) is 0 Å². The van der Waals surface area contributed by atoms with E-state index in [0.717, 1.165) is 51.4 Å². The van der Waals surface area contributed by atoms with Crippen molar-refractivity contribution in [3.8, 4) is 0 Å². The van der Waals surface area contributed by atoms with Crippen molar-refractivity contribution in [2.45, 2.75) is 71.6 Å². The number of unbranched alkanes of at least 4 members (excludes halogenated alkanes) is 2. The Hall–Kier alpha value is -1.63. The van der Waals surface area contributed by atoms with Gasteiger partial charge in [-0.1, -0.05) is 67.7 Å². The molecule has 0 aliphatic heterocycles. The first kappa shape index (κ1) is 21.4. The largest absolute Gasteiger partial charge is 0.300 e. The fourth-order valence-corrected chi connectivity index (χ4v) is 1.99. The zero-order chi connectivity index (χ0) is 17.0. The summed E-state index contributed by atoms with van der Waals surface area (Å²) in [5, 5.41) is 0. The highest BCUT2D eigenvalue weighted by molar-refractivity contribution is 5.75. The van der Waals surface area contributed by atoms with Crippen LogP contribution in [0.15, 0.2) is 60.8 Å². The lowest BCUT2D eigenvalue weighted by Crippen LogP contribution is -1.87. The fourth-order valence-electron chi connectivity index (χ4n) is 1.99. The summed E-state index contributed by atoms with van der Waals surface area (Å²) in [4.78, 5) is 10.8. The molecule has 0 atom stereocenters. The summed E-state index contributed by atoms with van der Waals surface area (Å²) in [6.07, 6.45) is 31.3. The van der Waals surface area contributed by atoms with Gasteiger partial charge in [0.2, 0.25) is 0 Å². The van der Waals surface area contributed by atoms with Crippen LogP contribution in [0, 0.1) is 0 Å². The monoisotopic (exact) mass is 314 g/mol. The molecule has 0 aromatic heterocycles. The number of carbonyl (C=O) groups is 1. The average Bonchev–Trinajstić information content (AvgIpc) is 2.53. The van der Waals surface area contributed by atoms with Crippen LogP contribution in [0.2, 0.25) is 0 Å². The maximum Gasteiger partial charge on any atom is 0.129 e. The van der Waals surface area contributed by atoms with Crippen LogP contribution in [0.1, 0.15) is 71.6 Å². The highest BCUT2D eigenvalue weighted by Crippen LogP contribution is 2.01. The van der Waals surface area contributed by atoms with Crippen molar-refractivity contribution in [3.05, 3.63) is 60.8 Å². The summed E-state index contributed by atoms with van der Waals surface area (Å²) in [7, 11) is 0. The number of hydrogen-bond donors (Lipinski definition) is 0. The zero-order valence-corrected chi connectivity index (χ0v) is 15.0. The number of hydrogen-bond acceptors (Lipinski definition) is 1. The molecule has 1 heteroatoms. The molecule has 0 aromatic rings. The lowest BCUT2D eigenvalue weighted by molar-refractivity contribution is -0.117. The van der Waals surface area contributed by atoms with Crippen molar-refractivity contribution in [1.82, 2.24) is 0 Å². The number of Topliss-reactive ketones (excluding diaryl/α,β-unsaturated/α-hetero) is 1. The fraction of sp³-hybridized carbons (Fsp3) is 0.500. The van der Waals surface area contributed by atoms with Gasteiger partial charge in [-0.25, -0.2) is 0 Å². The smallest absolute Gasteiger partial charge is 0.129 e. The van der Waals surface area contributed by atoms with Gasteiger partial charge in [0.25, 0.3) is 0 Å². The van der Waals surface area contributed by atoms with E-state index in [0.29, 0.717) is 12.2 Å². The second-order valence-corrected chi connectivity index (χ2v) is 5.64. The van der Waals surface area contributed by atoms with Crippen molar-refractivity contribution in [2.75, 3.05) is 0 Å². The van der Waals surface area contributed by atoms with E-state index in [4.69, 9.17) is 0 Å². The van der Waals surface area contributed by atoms with Crippen LogP contribution in [-0.4, -0.2) is 5.78 Å². The molecule has 0 aromatic carbocycles. The van der Waals surface area contributed by atoms with Crippen molar-refractivity contribution in [3.63, 3.8) is 0 Å². The maximum atomic E-state index is 10.8. The van der Waals surface area contributed by atoms with E-state index in [-0.39, 0.29) is 0 Å². The highest BCUT2D eigenvalue weighted by atomic mass is 16.1. The molecule has 128 valence electrons. The van der Waals surface area contributed by atoms with Crippen molar-refractivity contribution < 1.29 is 4.79 Å². The summed E-state index contributed by atoms with van der Waals surface area (Å²) in [6.45, 7) is 3.81. The van der Waals surface area contributed by atoms with Gasteiger partial charge in [0, 0.05) is 6.42 Å². The second-order valence-electron chi connectivity index (χ2n) is 5.64. The third-order valence-corrected chi connectivity index (χ3v) is 3.29. The molecule has 0 spiro atoms. The van der Waals surface area contributed by atoms with Gasteiger partial charge in [-0.2, -0.15) is 0 Å². The Bertz CT molecular complexity index is 408. The van der Waals surface area contributed by atoms with Crippen LogP contribution < -0.4 is 0 Å². The minimum atomic E-state index is 0.290. The van der Waals surface area contributed by atoms with E-state index in [1.54, 1.807) is 6.92 Å². The van der Waals surface area contributed by atoms with E-state index < -0.39 is 0 Å². The predicted octanol–water partition coefficient (Wildman–Crippen LogP) is 6.89. The SMILES string of the molecule is CC/C=C\C/C=C\C/C=C\C/C=C\CC/C=C/CCCC(C)=O. The predicted molar refractivity (Wildman–Crippen MR) is 104 cm³/mol. The Kier molecular flexibility index (Phi) is 17.1. The van der Waals surface area contributed by atoms with E-state index >= 15 is 0 Å². The third kappa shape index (κ3) is 20.4. The van der Waals surface area contributed by atoms with Gasteiger partial charge in [0.15, 0.2) is 0 Å². The van der Waals surface area contributed by atoms with Crippen molar-refractivity contribution >= 4 is 5.78 Å². The third-order valence-electron chi connectivity index (χ3n) is 3.29. The van der Waals surface area contributed by atoms with Gasteiger partial charge in [0.05, 0.1) is 0 Å². The van der Waals surface area contributed by atoms with Gasteiger partial charge in [0.1, 0.15) is 5.78 Å². The molecular formula is C22H34O. The number of rotatable bonds is 14. The zero-order valence-electron chi connectivity index (χ0n) is 15.0. The molecule has 0 bridgehead atoms. The first-order valence-electron chi connectivity index (χ1n) is 9.01. The molecule has 0 amide bonds. The van der Waals surface area contributed by atoms with Crippen LogP contribution in [0.3, 0.4) is 0 Å². The number of allylic oxidation sites excluding steroid dienone is 10. The molecule has 23 heavy (non-hydrogen) atoms. The molecule has 0 saturated heterocycles. The standard InChI is InChI=1S/C22H34O/c1-3-4-5-6-7-8-9-10-11-12-13-14-15-16-17-18-19-20-21-22(2)23/h4-5,7-8,10-11,13-14,17-18H,3,6,9,12,15-16,19-21H2,1-2H3/b5-4-,8-7-,11-10-,14-13-,18-17+. The molecule has 0 aliphatic carbocycles. The number of carbonyl (C=O) groups excluding carboxylic acids is 1. The van der Waals surface area contributed by atoms with Gasteiger partial charge < -0.3 is 4.79 Å². The molecule has 1 nitrogen and oxygen atoms in total. The first-order chi connectivity index (χ1) is 11.3. The van der Waals surface area contributed by atoms with E-state index in [1.807, 2.05) is 0 Å². The van der Waals surface area contributed by atoms with E-state index in [1.165, 1.54) is 0 Å². The summed E-state index contributed by atoms with van der Waals surface area (Å²) >= 11 is 0. The van der Waals surface area contributed by atoms with Gasteiger partial charge in [-0.15, -0.1) is 0 Å². The second kappa shape index (κ2) is 18.4. The molecule has 0 N–H and O–H groups in total. The Balaban J connectivity index is 3.43. The van der Waals surface area contributed by atoms with Crippen LogP contribution in [0.4, 0.5) is 0 Å². The Morgan fingerprint density at radius 2 is 1.09 bits per heavy atom. The molecule has 0 saturated carbocycles.